The Bertz CT molecular complexity index is 600. The number of aromatic carboxylic acids is 1. The number of hydrogen-bond donors (Lipinski definition) is 1. The number of carboxylic acids is 1. The summed E-state index contributed by atoms with van der Waals surface area (Å²) in [5, 5.41) is 13.0. The van der Waals surface area contributed by atoms with E-state index in [0.717, 1.165) is 0 Å². The fourth-order valence-corrected chi connectivity index (χ4v) is 1.95. The molecule has 0 saturated heterocycles. The van der Waals surface area contributed by atoms with E-state index in [1.807, 2.05) is 0 Å². The van der Waals surface area contributed by atoms with E-state index in [4.69, 9.17) is 16.7 Å². The van der Waals surface area contributed by atoms with Crippen LogP contribution in [0, 0.1) is 5.82 Å². The average Bonchev–Trinajstić information content (AvgIpc) is 2.68. The van der Waals surface area contributed by atoms with Crippen molar-refractivity contribution >= 4 is 33.5 Å². The van der Waals surface area contributed by atoms with Crippen molar-refractivity contribution in [2.75, 3.05) is 0 Å². The zero-order valence-electron chi connectivity index (χ0n) is 8.19. The minimum absolute atomic E-state index is 0.117. The number of nitrogens with zero attached hydrogens (tertiary/aromatic N) is 2. The summed E-state index contributed by atoms with van der Waals surface area (Å²) < 4.78 is 15.0. The van der Waals surface area contributed by atoms with Gasteiger partial charge in [-0.05, 0) is 28.1 Å². The molecule has 2 rings (SSSR count). The van der Waals surface area contributed by atoms with E-state index >= 15 is 0 Å². The van der Waals surface area contributed by atoms with Gasteiger partial charge in [-0.25, -0.2) is 13.9 Å². The third kappa shape index (κ3) is 2.18. The van der Waals surface area contributed by atoms with E-state index < -0.39 is 11.8 Å². The topological polar surface area (TPSA) is 55.1 Å². The lowest BCUT2D eigenvalue weighted by atomic mass is 10.2. The lowest BCUT2D eigenvalue weighted by Gasteiger charge is -2.06. The van der Waals surface area contributed by atoms with Gasteiger partial charge in [0.1, 0.15) is 5.69 Å². The van der Waals surface area contributed by atoms with Crippen molar-refractivity contribution in [2.45, 2.75) is 0 Å². The highest BCUT2D eigenvalue weighted by molar-refractivity contribution is 9.10. The Morgan fingerprint density at radius 2 is 2.24 bits per heavy atom. The van der Waals surface area contributed by atoms with E-state index in [9.17, 15) is 9.18 Å². The van der Waals surface area contributed by atoms with Crippen LogP contribution in [0.1, 0.15) is 10.4 Å². The van der Waals surface area contributed by atoms with Crippen LogP contribution in [0.4, 0.5) is 4.39 Å². The molecule has 0 radical (unpaired) electrons. The predicted octanol–water partition coefficient (Wildman–Crippen LogP) is 3.13. The molecule has 0 bridgehead atoms. The first-order chi connectivity index (χ1) is 8.00. The summed E-state index contributed by atoms with van der Waals surface area (Å²) in [6.45, 7) is 0. The second kappa shape index (κ2) is 4.46. The number of carbonyl (C=O) groups is 1. The van der Waals surface area contributed by atoms with Crippen molar-refractivity contribution in [1.29, 1.82) is 0 Å². The summed E-state index contributed by atoms with van der Waals surface area (Å²) in [4.78, 5) is 10.8. The van der Waals surface area contributed by atoms with E-state index in [0.29, 0.717) is 5.02 Å². The van der Waals surface area contributed by atoms with Gasteiger partial charge in [0.05, 0.1) is 21.3 Å². The maximum Gasteiger partial charge on any atom is 0.336 e. The molecule has 0 saturated carbocycles. The van der Waals surface area contributed by atoms with Crippen LogP contribution in [0.5, 0.6) is 0 Å². The predicted molar refractivity (Wildman–Crippen MR) is 63.2 cm³/mol. The Kier molecular flexibility index (Phi) is 3.17. The van der Waals surface area contributed by atoms with E-state index in [1.165, 1.54) is 29.2 Å². The fraction of sp³-hybridized carbons (Fsp3) is 0. The molecule has 0 atom stereocenters. The molecule has 88 valence electrons. The molecule has 1 aromatic carbocycles. The van der Waals surface area contributed by atoms with E-state index in [-0.39, 0.29) is 15.7 Å². The molecule has 0 amide bonds. The number of aromatic nitrogens is 2. The standard InChI is InChI=1S/C10H5BrClFN2O2/c11-8-6(10(16)17)1-2-7(9(8)13)15-4-5(12)3-14-15/h1-4H,(H,16,17). The molecule has 7 heteroatoms. The summed E-state index contributed by atoms with van der Waals surface area (Å²) in [5.41, 5.74) is -0.0294. The van der Waals surface area contributed by atoms with Gasteiger partial charge in [0.15, 0.2) is 5.82 Å². The number of hydrogen-bond acceptors (Lipinski definition) is 2. The molecule has 0 spiro atoms. The molecule has 0 fully saturated rings. The molecule has 1 N–H and O–H groups in total. The SMILES string of the molecule is O=C(O)c1ccc(-n2cc(Cl)cn2)c(F)c1Br. The highest BCUT2D eigenvalue weighted by Gasteiger charge is 2.17. The third-order valence-corrected chi connectivity index (χ3v) is 3.06. The number of halogens is 3. The second-order valence-corrected chi connectivity index (χ2v) is 4.40. The van der Waals surface area contributed by atoms with Crippen LogP contribution in [0.2, 0.25) is 5.02 Å². The molecule has 0 aliphatic carbocycles. The highest BCUT2D eigenvalue weighted by Crippen LogP contribution is 2.26. The normalized spacial score (nSPS) is 10.5. The highest BCUT2D eigenvalue weighted by atomic mass is 79.9. The van der Waals surface area contributed by atoms with Gasteiger partial charge >= 0.3 is 5.97 Å². The third-order valence-electron chi connectivity index (χ3n) is 2.09. The van der Waals surface area contributed by atoms with Gasteiger partial charge in [0.25, 0.3) is 0 Å². The number of rotatable bonds is 2. The Labute approximate surface area is 109 Å². The zero-order chi connectivity index (χ0) is 12.6. The maximum absolute atomic E-state index is 13.9. The largest absolute Gasteiger partial charge is 0.478 e. The quantitative estimate of drug-likeness (QED) is 0.925. The van der Waals surface area contributed by atoms with Crippen LogP contribution in [0.15, 0.2) is 29.0 Å². The van der Waals surface area contributed by atoms with Crippen molar-refractivity contribution in [2.24, 2.45) is 0 Å². The molecule has 2 aromatic rings. The zero-order valence-corrected chi connectivity index (χ0v) is 10.5. The molecular formula is C10H5BrClFN2O2. The average molecular weight is 320 g/mol. The summed E-state index contributed by atoms with van der Waals surface area (Å²) in [6, 6.07) is 2.62. The summed E-state index contributed by atoms with van der Waals surface area (Å²) >= 11 is 8.58. The lowest BCUT2D eigenvalue weighted by molar-refractivity contribution is 0.0695. The van der Waals surface area contributed by atoms with Crippen molar-refractivity contribution < 1.29 is 14.3 Å². The Balaban J connectivity index is 2.58. The van der Waals surface area contributed by atoms with Gasteiger partial charge in [0.2, 0.25) is 0 Å². The molecule has 0 aliphatic heterocycles. The van der Waals surface area contributed by atoms with Crippen LogP contribution >= 0.6 is 27.5 Å². The lowest BCUT2D eigenvalue weighted by Crippen LogP contribution is -2.04. The summed E-state index contributed by atoms with van der Waals surface area (Å²) in [7, 11) is 0. The van der Waals surface area contributed by atoms with Crippen LogP contribution in [0.25, 0.3) is 5.69 Å². The molecule has 1 aromatic heterocycles. The van der Waals surface area contributed by atoms with Gasteiger partial charge in [-0.2, -0.15) is 5.10 Å². The van der Waals surface area contributed by atoms with Crippen LogP contribution in [-0.2, 0) is 0 Å². The molecule has 0 unspecified atom stereocenters. The fourth-order valence-electron chi connectivity index (χ4n) is 1.31. The molecule has 4 nitrogen and oxygen atoms in total. The second-order valence-electron chi connectivity index (χ2n) is 3.17. The smallest absolute Gasteiger partial charge is 0.336 e. The minimum Gasteiger partial charge on any atom is -0.478 e. The van der Waals surface area contributed by atoms with Crippen LogP contribution in [-0.4, -0.2) is 20.9 Å². The van der Waals surface area contributed by atoms with Gasteiger partial charge in [-0.3, -0.25) is 0 Å². The first-order valence-electron chi connectivity index (χ1n) is 4.42. The van der Waals surface area contributed by atoms with Crippen LogP contribution in [0.3, 0.4) is 0 Å². The molecule has 1 heterocycles. The Hall–Kier alpha value is -1.40. The van der Waals surface area contributed by atoms with Gasteiger partial charge in [0, 0.05) is 6.20 Å². The van der Waals surface area contributed by atoms with Crippen molar-refractivity contribution in [3.63, 3.8) is 0 Å². The minimum atomic E-state index is -1.21. The Morgan fingerprint density at radius 1 is 1.53 bits per heavy atom. The molecule has 17 heavy (non-hydrogen) atoms. The van der Waals surface area contributed by atoms with Gasteiger partial charge in [-0.15, -0.1) is 0 Å². The first kappa shape index (κ1) is 12.1. The number of benzene rings is 1. The monoisotopic (exact) mass is 318 g/mol. The maximum atomic E-state index is 13.9. The van der Waals surface area contributed by atoms with Crippen molar-refractivity contribution in [1.82, 2.24) is 9.78 Å². The Morgan fingerprint density at radius 3 is 2.76 bits per heavy atom. The van der Waals surface area contributed by atoms with Gasteiger partial charge in [-0.1, -0.05) is 11.6 Å². The van der Waals surface area contributed by atoms with Crippen molar-refractivity contribution in [3.05, 3.63) is 45.4 Å². The molecule has 0 aliphatic rings. The summed E-state index contributed by atoms with van der Waals surface area (Å²) in [6.07, 6.45) is 2.78. The number of carboxylic acid groups (broad SMARTS) is 1. The first-order valence-corrected chi connectivity index (χ1v) is 5.59. The van der Waals surface area contributed by atoms with Crippen LogP contribution < -0.4 is 0 Å². The van der Waals surface area contributed by atoms with E-state index in [2.05, 4.69) is 21.0 Å². The van der Waals surface area contributed by atoms with Gasteiger partial charge < -0.3 is 5.11 Å². The summed E-state index contributed by atoms with van der Waals surface area (Å²) in [5.74, 6) is -1.91. The van der Waals surface area contributed by atoms with E-state index in [1.54, 1.807) is 0 Å². The molecular weight excluding hydrogens is 314 g/mol. The van der Waals surface area contributed by atoms with Crippen molar-refractivity contribution in [3.8, 4) is 5.69 Å².